The number of amides is 1. The van der Waals surface area contributed by atoms with Crippen molar-refractivity contribution in [2.45, 2.75) is 13.1 Å². The normalized spacial score (nSPS) is 11.3. The number of carbonyl (C=O) groups is 1. The van der Waals surface area contributed by atoms with E-state index in [1.54, 1.807) is 0 Å². The molecule has 0 saturated heterocycles. The van der Waals surface area contributed by atoms with Crippen molar-refractivity contribution in [3.63, 3.8) is 0 Å². The van der Waals surface area contributed by atoms with Gasteiger partial charge < -0.3 is 10.1 Å². The number of anilines is 1. The number of benzene rings is 2. The van der Waals surface area contributed by atoms with Crippen LogP contribution in [-0.4, -0.2) is 10.9 Å². The van der Waals surface area contributed by atoms with E-state index in [2.05, 4.69) is 10.3 Å². The van der Waals surface area contributed by atoms with Gasteiger partial charge in [0, 0.05) is 11.4 Å². The maximum absolute atomic E-state index is 13.7. The number of hydrogen-bond donors (Lipinski definition) is 1. The first kappa shape index (κ1) is 21.2. The van der Waals surface area contributed by atoms with E-state index >= 15 is 0 Å². The first-order chi connectivity index (χ1) is 14.1. The lowest BCUT2D eigenvalue weighted by Crippen LogP contribution is -2.16. The number of carbonyl (C=O) groups excluding carboxylic acids is 1. The number of nitrogens with zero attached hydrogens (tertiary/aromatic N) is 1. The minimum absolute atomic E-state index is 0.0280. The van der Waals surface area contributed by atoms with Gasteiger partial charge in [0.05, 0.1) is 0 Å². The molecular formula is C20H12F6N2O2. The number of hydrogen-bond acceptors (Lipinski definition) is 3. The van der Waals surface area contributed by atoms with E-state index in [4.69, 9.17) is 4.74 Å². The van der Waals surface area contributed by atoms with Crippen molar-refractivity contribution in [1.82, 2.24) is 4.98 Å². The molecule has 156 valence electrons. The lowest BCUT2D eigenvalue weighted by molar-refractivity contribution is -0.138. The first-order valence-corrected chi connectivity index (χ1v) is 8.34. The zero-order valence-corrected chi connectivity index (χ0v) is 15.2. The van der Waals surface area contributed by atoms with Crippen LogP contribution in [0, 0.1) is 24.4 Å². The molecule has 0 saturated carbocycles. The van der Waals surface area contributed by atoms with Crippen molar-refractivity contribution < 1.29 is 35.9 Å². The van der Waals surface area contributed by atoms with Crippen molar-refractivity contribution in [2.75, 3.05) is 5.32 Å². The average molecular weight is 426 g/mol. The lowest BCUT2D eigenvalue weighted by Gasteiger charge is -2.13. The van der Waals surface area contributed by atoms with E-state index in [1.807, 2.05) is 0 Å². The van der Waals surface area contributed by atoms with Crippen LogP contribution in [0.4, 0.5) is 32.0 Å². The van der Waals surface area contributed by atoms with Gasteiger partial charge in [0.1, 0.15) is 22.7 Å². The van der Waals surface area contributed by atoms with Gasteiger partial charge in [-0.05, 0) is 55.5 Å². The topological polar surface area (TPSA) is 51.2 Å². The molecule has 0 fully saturated rings. The Kier molecular flexibility index (Phi) is 5.68. The Morgan fingerprint density at radius 3 is 2.20 bits per heavy atom. The Hall–Kier alpha value is -3.56. The van der Waals surface area contributed by atoms with Gasteiger partial charge in [0.2, 0.25) is 5.88 Å². The number of aromatic nitrogens is 1. The zero-order valence-electron chi connectivity index (χ0n) is 15.2. The van der Waals surface area contributed by atoms with Crippen LogP contribution < -0.4 is 10.1 Å². The summed E-state index contributed by atoms with van der Waals surface area (Å²) in [6.45, 7) is 1.50. The second kappa shape index (κ2) is 8.05. The Morgan fingerprint density at radius 1 is 0.933 bits per heavy atom. The van der Waals surface area contributed by atoms with E-state index in [9.17, 15) is 31.1 Å². The standard InChI is InChI=1S/C20H12F6N2O2/c1-10-2-7-13(20(24,25)26)19(27-10)30-12-5-3-11(4-6-12)28-18(29)16-14(21)8-9-15(22)17(16)23/h2-9H,1H3,(H,28,29). The van der Waals surface area contributed by atoms with Crippen LogP contribution in [-0.2, 0) is 6.18 Å². The molecule has 4 nitrogen and oxygen atoms in total. The van der Waals surface area contributed by atoms with E-state index in [1.165, 1.54) is 37.3 Å². The van der Waals surface area contributed by atoms with E-state index in [-0.39, 0.29) is 11.4 Å². The van der Waals surface area contributed by atoms with Gasteiger partial charge in [-0.3, -0.25) is 4.79 Å². The monoisotopic (exact) mass is 426 g/mol. The molecule has 0 radical (unpaired) electrons. The number of pyridine rings is 1. The molecule has 30 heavy (non-hydrogen) atoms. The maximum atomic E-state index is 13.7. The number of nitrogens with one attached hydrogen (secondary N) is 1. The fraction of sp³-hybridized carbons (Fsp3) is 0.100. The molecule has 0 aliphatic rings. The van der Waals surface area contributed by atoms with Crippen molar-refractivity contribution in [2.24, 2.45) is 0 Å². The highest BCUT2D eigenvalue weighted by molar-refractivity contribution is 6.04. The summed E-state index contributed by atoms with van der Waals surface area (Å²) in [5, 5.41) is 2.17. The summed E-state index contributed by atoms with van der Waals surface area (Å²) in [7, 11) is 0. The highest BCUT2D eigenvalue weighted by Gasteiger charge is 2.35. The van der Waals surface area contributed by atoms with Crippen LogP contribution in [0.25, 0.3) is 0 Å². The molecule has 0 bridgehead atoms. The molecule has 1 aromatic heterocycles. The largest absolute Gasteiger partial charge is 0.438 e. The van der Waals surface area contributed by atoms with Crippen LogP contribution in [0.5, 0.6) is 11.6 Å². The predicted molar refractivity (Wildman–Crippen MR) is 94.8 cm³/mol. The highest BCUT2D eigenvalue weighted by atomic mass is 19.4. The molecule has 0 spiro atoms. The van der Waals surface area contributed by atoms with Gasteiger partial charge in [-0.25, -0.2) is 18.2 Å². The molecule has 1 N–H and O–H groups in total. The van der Waals surface area contributed by atoms with Crippen LogP contribution in [0.1, 0.15) is 21.6 Å². The summed E-state index contributed by atoms with van der Waals surface area (Å²) in [6, 6.07) is 8.08. The van der Waals surface area contributed by atoms with Gasteiger partial charge in [-0.1, -0.05) is 0 Å². The molecule has 2 aromatic carbocycles. The molecule has 0 aliphatic heterocycles. The van der Waals surface area contributed by atoms with Gasteiger partial charge in [-0.15, -0.1) is 0 Å². The Morgan fingerprint density at radius 2 is 1.57 bits per heavy atom. The minimum Gasteiger partial charge on any atom is -0.438 e. The number of rotatable bonds is 4. The number of aryl methyl sites for hydroxylation is 1. The number of alkyl halides is 3. The number of halogens is 6. The Balaban J connectivity index is 1.79. The van der Waals surface area contributed by atoms with Gasteiger partial charge in [0.15, 0.2) is 11.6 Å². The molecule has 0 atom stereocenters. The predicted octanol–water partition coefficient (Wildman–Crippen LogP) is 5.87. The molecular weight excluding hydrogens is 414 g/mol. The summed E-state index contributed by atoms with van der Waals surface area (Å²) in [5.74, 6) is -6.20. The summed E-state index contributed by atoms with van der Waals surface area (Å²) in [4.78, 5) is 15.8. The fourth-order valence-corrected chi connectivity index (χ4v) is 2.47. The summed E-state index contributed by atoms with van der Waals surface area (Å²) < 4.78 is 85.1. The van der Waals surface area contributed by atoms with Crippen molar-refractivity contribution in [3.05, 3.63) is 82.8 Å². The molecule has 10 heteroatoms. The second-order valence-corrected chi connectivity index (χ2v) is 6.10. The summed E-state index contributed by atoms with van der Waals surface area (Å²) >= 11 is 0. The Labute approximate surface area is 166 Å². The van der Waals surface area contributed by atoms with Crippen LogP contribution >= 0.6 is 0 Å². The summed E-state index contributed by atoms with van der Waals surface area (Å²) in [5.41, 5.74) is -1.82. The van der Waals surface area contributed by atoms with Gasteiger partial charge in [0.25, 0.3) is 5.91 Å². The van der Waals surface area contributed by atoms with Crippen molar-refractivity contribution in [3.8, 4) is 11.6 Å². The first-order valence-electron chi connectivity index (χ1n) is 8.34. The third-order valence-corrected chi connectivity index (χ3v) is 3.90. The average Bonchev–Trinajstić information content (AvgIpc) is 2.66. The lowest BCUT2D eigenvalue weighted by atomic mass is 10.1. The molecule has 1 amide bonds. The minimum atomic E-state index is -4.68. The number of ether oxygens (including phenoxy) is 1. The van der Waals surface area contributed by atoms with E-state index in [0.29, 0.717) is 17.8 Å². The maximum Gasteiger partial charge on any atom is 0.421 e. The quantitative estimate of drug-likeness (QED) is 0.419. The molecule has 0 aliphatic carbocycles. The van der Waals surface area contributed by atoms with Gasteiger partial charge >= 0.3 is 6.18 Å². The zero-order chi connectivity index (χ0) is 22.1. The van der Waals surface area contributed by atoms with Crippen molar-refractivity contribution >= 4 is 11.6 Å². The SMILES string of the molecule is Cc1ccc(C(F)(F)F)c(Oc2ccc(NC(=O)c3c(F)ccc(F)c3F)cc2)n1. The second-order valence-electron chi connectivity index (χ2n) is 6.10. The van der Waals surface area contributed by atoms with Crippen molar-refractivity contribution in [1.29, 1.82) is 0 Å². The molecule has 3 aromatic rings. The smallest absolute Gasteiger partial charge is 0.421 e. The van der Waals surface area contributed by atoms with Crippen LogP contribution in [0.15, 0.2) is 48.5 Å². The molecule has 3 rings (SSSR count). The van der Waals surface area contributed by atoms with Crippen LogP contribution in [0.3, 0.4) is 0 Å². The fourth-order valence-electron chi connectivity index (χ4n) is 2.47. The van der Waals surface area contributed by atoms with Gasteiger partial charge in [-0.2, -0.15) is 13.2 Å². The van der Waals surface area contributed by atoms with E-state index < -0.39 is 46.5 Å². The third kappa shape index (κ3) is 4.53. The summed E-state index contributed by atoms with van der Waals surface area (Å²) in [6.07, 6.45) is -4.68. The molecule has 0 unspecified atom stereocenters. The van der Waals surface area contributed by atoms with Crippen LogP contribution in [0.2, 0.25) is 0 Å². The van der Waals surface area contributed by atoms with E-state index in [0.717, 1.165) is 6.07 Å². The third-order valence-electron chi connectivity index (χ3n) is 3.90. The highest BCUT2D eigenvalue weighted by Crippen LogP contribution is 2.37. The molecule has 1 heterocycles. The Bertz CT molecular complexity index is 1100.